The maximum atomic E-state index is 13.9. The van der Waals surface area contributed by atoms with Crippen LogP contribution in [0.1, 0.15) is 44.2 Å². The minimum atomic E-state index is -0.0934. The van der Waals surface area contributed by atoms with Gasteiger partial charge in [0.15, 0.2) is 0 Å². The van der Waals surface area contributed by atoms with E-state index in [1.165, 1.54) is 0 Å². The van der Waals surface area contributed by atoms with Crippen LogP contribution < -0.4 is 5.32 Å². The highest BCUT2D eigenvalue weighted by atomic mass is 19.1. The van der Waals surface area contributed by atoms with Crippen LogP contribution in [0.25, 0.3) is 0 Å². The van der Waals surface area contributed by atoms with E-state index in [4.69, 9.17) is 0 Å². The van der Waals surface area contributed by atoms with E-state index in [0.29, 0.717) is 18.9 Å². The molecular formula is C16H24FNO. The summed E-state index contributed by atoms with van der Waals surface area (Å²) in [4.78, 5) is 10.2. The van der Waals surface area contributed by atoms with Crippen LogP contribution in [0.2, 0.25) is 0 Å². The lowest BCUT2D eigenvalue weighted by atomic mass is 9.94. The molecule has 0 aliphatic heterocycles. The van der Waals surface area contributed by atoms with Gasteiger partial charge in [-0.15, -0.1) is 0 Å². The molecule has 0 aliphatic carbocycles. The minimum absolute atomic E-state index is 0.0934. The fourth-order valence-electron chi connectivity index (χ4n) is 2.15. The van der Waals surface area contributed by atoms with Crippen molar-refractivity contribution < 1.29 is 9.18 Å². The molecule has 0 aliphatic rings. The molecule has 19 heavy (non-hydrogen) atoms. The fraction of sp³-hybridized carbons (Fsp3) is 0.562. The Morgan fingerprint density at radius 2 is 2.16 bits per heavy atom. The second-order valence-electron chi connectivity index (χ2n) is 5.11. The van der Waals surface area contributed by atoms with Crippen molar-refractivity contribution in [3.8, 4) is 0 Å². The summed E-state index contributed by atoms with van der Waals surface area (Å²) >= 11 is 0. The van der Waals surface area contributed by atoms with E-state index in [9.17, 15) is 9.18 Å². The molecule has 106 valence electrons. The normalized spacial score (nSPS) is 12.2. The zero-order valence-electron chi connectivity index (χ0n) is 11.9. The van der Waals surface area contributed by atoms with Gasteiger partial charge in [-0.25, -0.2) is 4.39 Å². The molecule has 0 saturated carbocycles. The summed E-state index contributed by atoms with van der Waals surface area (Å²) in [5.41, 5.74) is 1.94. The smallest absolute Gasteiger partial charge is 0.207 e. The minimum Gasteiger partial charge on any atom is -0.359 e. The van der Waals surface area contributed by atoms with Gasteiger partial charge in [0.1, 0.15) is 5.82 Å². The molecule has 1 aromatic carbocycles. The summed E-state index contributed by atoms with van der Waals surface area (Å²) in [5, 5.41) is 2.64. The summed E-state index contributed by atoms with van der Waals surface area (Å²) in [6.45, 7) is 5.01. The lowest BCUT2D eigenvalue weighted by Crippen LogP contribution is -2.13. The van der Waals surface area contributed by atoms with Gasteiger partial charge < -0.3 is 5.32 Å². The van der Waals surface area contributed by atoms with Gasteiger partial charge in [-0.05, 0) is 48.8 Å². The van der Waals surface area contributed by atoms with E-state index in [-0.39, 0.29) is 5.82 Å². The van der Waals surface area contributed by atoms with Crippen molar-refractivity contribution in [2.75, 3.05) is 6.54 Å². The molecule has 0 spiro atoms. The summed E-state index contributed by atoms with van der Waals surface area (Å²) in [5.74, 6) is 0.535. The zero-order chi connectivity index (χ0) is 14.1. The number of aryl methyl sites for hydroxylation is 1. The molecule has 1 N–H and O–H groups in total. The second kappa shape index (κ2) is 8.68. The predicted molar refractivity (Wildman–Crippen MR) is 76.6 cm³/mol. The quantitative estimate of drug-likeness (QED) is 0.537. The van der Waals surface area contributed by atoms with Crippen LogP contribution in [-0.2, 0) is 17.6 Å². The molecule has 1 aromatic rings. The highest BCUT2D eigenvalue weighted by Crippen LogP contribution is 2.20. The van der Waals surface area contributed by atoms with Crippen molar-refractivity contribution in [3.05, 3.63) is 35.1 Å². The molecule has 0 saturated heterocycles. The number of hydrogen-bond acceptors (Lipinski definition) is 1. The average Bonchev–Trinajstić information content (AvgIpc) is 2.42. The van der Waals surface area contributed by atoms with Gasteiger partial charge in [0.05, 0.1) is 0 Å². The highest BCUT2D eigenvalue weighted by Gasteiger charge is 2.09. The fourth-order valence-corrected chi connectivity index (χ4v) is 2.15. The van der Waals surface area contributed by atoms with E-state index < -0.39 is 0 Å². The van der Waals surface area contributed by atoms with Crippen molar-refractivity contribution in [3.63, 3.8) is 0 Å². The number of rotatable bonds is 9. The van der Waals surface area contributed by atoms with Crippen LogP contribution in [0.5, 0.6) is 0 Å². The first kappa shape index (κ1) is 15.7. The van der Waals surface area contributed by atoms with Gasteiger partial charge >= 0.3 is 0 Å². The molecule has 0 radical (unpaired) electrons. The Kier molecular flexibility index (Phi) is 7.16. The third kappa shape index (κ3) is 5.41. The van der Waals surface area contributed by atoms with Crippen molar-refractivity contribution in [2.24, 2.45) is 5.92 Å². The maximum Gasteiger partial charge on any atom is 0.207 e. The number of nitrogens with one attached hydrogen (secondary N) is 1. The Morgan fingerprint density at radius 1 is 1.37 bits per heavy atom. The molecule has 1 atom stereocenters. The van der Waals surface area contributed by atoms with Crippen molar-refractivity contribution >= 4 is 6.41 Å². The largest absolute Gasteiger partial charge is 0.359 e. The first-order valence-electron chi connectivity index (χ1n) is 7.12. The van der Waals surface area contributed by atoms with E-state index in [0.717, 1.165) is 43.2 Å². The molecule has 2 nitrogen and oxygen atoms in total. The molecular weight excluding hydrogens is 241 g/mol. The van der Waals surface area contributed by atoms with Gasteiger partial charge in [0, 0.05) is 6.54 Å². The number of halogens is 1. The highest BCUT2D eigenvalue weighted by molar-refractivity contribution is 5.45. The van der Waals surface area contributed by atoms with Crippen LogP contribution in [0.3, 0.4) is 0 Å². The SMILES string of the molecule is CC[C@@H](C)CCc1c(F)cccc1CCCNC=O. The topological polar surface area (TPSA) is 29.1 Å². The number of hydrogen-bond donors (Lipinski definition) is 1. The number of benzene rings is 1. The Morgan fingerprint density at radius 3 is 2.84 bits per heavy atom. The number of carbonyl (C=O) groups excluding carboxylic acids is 1. The van der Waals surface area contributed by atoms with E-state index in [2.05, 4.69) is 19.2 Å². The summed E-state index contributed by atoms with van der Waals surface area (Å²) in [6.07, 6.45) is 5.32. The maximum absolute atomic E-state index is 13.9. The monoisotopic (exact) mass is 265 g/mol. The molecule has 1 rings (SSSR count). The van der Waals surface area contributed by atoms with Crippen molar-refractivity contribution in [1.82, 2.24) is 5.32 Å². The van der Waals surface area contributed by atoms with Gasteiger partial charge in [-0.3, -0.25) is 4.79 Å². The first-order chi connectivity index (χ1) is 9.19. The Labute approximate surface area is 115 Å². The standard InChI is InChI=1S/C16H24FNO/c1-3-13(2)9-10-15-14(6-4-8-16(15)17)7-5-11-18-12-19/h4,6,8,12-13H,3,5,7,9-11H2,1-2H3,(H,18,19)/t13-/m1/s1. The lowest BCUT2D eigenvalue weighted by Gasteiger charge is -2.13. The molecule has 0 aromatic heterocycles. The molecule has 0 fully saturated rings. The molecule has 0 unspecified atom stereocenters. The average molecular weight is 265 g/mol. The van der Waals surface area contributed by atoms with Crippen LogP contribution >= 0.6 is 0 Å². The second-order valence-corrected chi connectivity index (χ2v) is 5.11. The van der Waals surface area contributed by atoms with E-state index >= 15 is 0 Å². The van der Waals surface area contributed by atoms with Gasteiger partial charge in [-0.1, -0.05) is 32.4 Å². The van der Waals surface area contributed by atoms with E-state index in [1.54, 1.807) is 12.1 Å². The van der Waals surface area contributed by atoms with Crippen LogP contribution in [-0.4, -0.2) is 13.0 Å². The number of carbonyl (C=O) groups is 1. The first-order valence-corrected chi connectivity index (χ1v) is 7.12. The predicted octanol–water partition coefficient (Wildman–Crippen LogP) is 3.48. The summed E-state index contributed by atoms with van der Waals surface area (Å²) in [6, 6.07) is 5.31. The third-order valence-electron chi connectivity index (χ3n) is 3.65. The van der Waals surface area contributed by atoms with Gasteiger partial charge in [0.2, 0.25) is 6.41 Å². The number of amides is 1. The Bertz CT molecular complexity index is 392. The van der Waals surface area contributed by atoms with E-state index in [1.807, 2.05) is 6.07 Å². The van der Waals surface area contributed by atoms with Crippen molar-refractivity contribution in [2.45, 2.75) is 46.0 Å². The van der Waals surface area contributed by atoms with Crippen molar-refractivity contribution in [1.29, 1.82) is 0 Å². The van der Waals surface area contributed by atoms with Crippen LogP contribution in [0.15, 0.2) is 18.2 Å². The van der Waals surface area contributed by atoms with Gasteiger partial charge in [-0.2, -0.15) is 0 Å². The molecule has 0 heterocycles. The summed E-state index contributed by atoms with van der Waals surface area (Å²) in [7, 11) is 0. The summed E-state index contributed by atoms with van der Waals surface area (Å²) < 4.78 is 13.9. The van der Waals surface area contributed by atoms with Crippen LogP contribution in [0.4, 0.5) is 4.39 Å². The third-order valence-corrected chi connectivity index (χ3v) is 3.65. The molecule has 0 bridgehead atoms. The Balaban J connectivity index is 2.63. The van der Waals surface area contributed by atoms with Gasteiger partial charge in [0.25, 0.3) is 0 Å². The lowest BCUT2D eigenvalue weighted by molar-refractivity contribution is -0.109. The Hall–Kier alpha value is -1.38. The van der Waals surface area contributed by atoms with Crippen LogP contribution in [0, 0.1) is 11.7 Å². The molecule has 3 heteroatoms. The zero-order valence-corrected chi connectivity index (χ0v) is 11.9. The molecule has 1 amide bonds.